The maximum Gasteiger partial charge on any atom is 0.330 e. The molecule has 2 aliphatic rings. The van der Waals surface area contributed by atoms with Crippen molar-refractivity contribution in [2.75, 3.05) is 32.8 Å². The normalized spacial score (nSPS) is 22.0. The van der Waals surface area contributed by atoms with E-state index >= 15 is 0 Å². The Hall–Kier alpha value is -2.30. The summed E-state index contributed by atoms with van der Waals surface area (Å²) in [6, 6.07) is 7.36. The Labute approximate surface area is 216 Å². The summed E-state index contributed by atoms with van der Waals surface area (Å²) >= 11 is 1.45. The van der Waals surface area contributed by atoms with E-state index in [1.54, 1.807) is 24.3 Å². The third-order valence-electron chi connectivity index (χ3n) is 6.03. The molecule has 2 saturated heterocycles. The molecule has 0 saturated carbocycles. The van der Waals surface area contributed by atoms with E-state index in [9.17, 15) is 19.2 Å². The van der Waals surface area contributed by atoms with Gasteiger partial charge in [-0.1, -0.05) is 32.0 Å². The lowest BCUT2D eigenvalue weighted by Gasteiger charge is -2.43. The number of carbonyl (C=O) groups excluding carboxylic acids is 4. The van der Waals surface area contributed by atoms with E-state index in [0.717, 1.165) is 13.1 Å². The van der Waals surface area contributed by atoms with Gasteiger partial charge in [-0.25, -0.2) is 4.79 Å². The predicted molar refractivity (Wildman–Crippen MR) is 136 cm³/mol. The molecular formula is C24H34ClN3O6S. The first kappa shape index (κ1) is 28.9. The average Bonchev–Trinajstić information content (AvgIpc) is 3.07. The summed E-state index contributed by atoms with van der Waals surface area (Å²) in [5, 5.41) is 2.28. The Morgan fingerprint density at radius 2 is 1.80 bits per heavy atom. The van der Waals surface area contributed by atoms with Crippen LogP contribution in [-0.2, 0) is 23.9 Å². The molecule has 0 aliphatic carbocycles. The summed E-state index contributed by atoms with van der Waals surface area (Å²) in [7, 11) is 0. The molecule has 35 heavy (non-hydrogen) atoms. The van der Waals surface area contributed by atoms with Gasteiger partial charge in [-0.3, -0.25) is 14.4 Å². The van der Waals surface area contributed by atoms with Crippen molar-refractivity contribution in [3.63, 3.8) is 0 Å². The molecule has 3 atom stereocenters. The number of carbonyl (C=O) groups is 4. The highest BCUT2D eigenvalue weighted by molar-refractivity contribution is 8.01. The molecule has 2 heterocycles. The van der Waals surface area contributed by atoms with Crippen molar-refractivity contribution < 1.29 is 28.7 Å². The fourth-order valence-corrected chi connectivity index (χ4v) is 5.78. The summed E-state index contributed by atoms with van der Waals surface area (Å²) in [5.74, 6) is -1.16. The zero-order valence-corrected chi connectivity index (χ0v) is 22.2. The minimum absolute atomic E-state index is 0. The van der Waals surface area contributed by atoms with Crippen LogP contribution in [-0.4, -0.2) is 88.4 Å². The number of nitrogens with one attached hydrogen (secondary N) is 1. The second-order valence-corrected chi connectivity index (χ2v) is 10.6. The van der Waals surface area contributed by atoms with Crippen molar-refractivity contribution in [2.24, 2.45) is 0 Å². The van der Waals surface area contributed by atoms with E-state index in [1.165, 1.54) is 16.7 Å². The molecule has 0 bridgehead atoms. The number of β-lactam (4-membered cyclic amide) rings is 1. The first-order valence-electron chi connectivity index (χ1n) is 11.6. The van der Waals surface area contributed by atoms with Gasteiger partial charge >= 0.3 is 5.97 Å². The van der Waals surface area contributed by atoms with Crippen molar-refractivity contribution in [3.8, 4) is 5.75 Å². The molecule has 1 unspecified atom stereocenters. The second kappa shape index (κ2) is 12.6. The second-order valence-electron chi connectivity index (χ2n) is 8.82. The van der Waals surface area contributed by atoms with Gasteiger partial charge in [0, 0.05) is 11.3 Å². The van der Waals surface area contributed by atoms with E-state index in [1.807, 2.05) is 33.8 Å². The van der Waals surface area contributed by atoms with Crippen molar-refractivity contribution in [2.45, 2.75) is 56.3 Å². The van der Waals surface area contributed by atoms with Crippen LogP contribution in [0.2, 0.25) is 0 Å². The zero-order chi connectivity index (χ0) is 24.9. The molecule has 0 radical (unpaired) electrons. The number of halogens is 1. The Bertz CT molecular complexity index is 912. The molecule has 2 aliphatic heterocycles. The Morgan fingerprint density at radius 3 is 2.43 bits per heavy atom. The number of likely N-dealkylation sites (N-methyl/N-ethyl adjacent to an activating group) is 1. The third kappa shape index (κ3) is 6.89. The smallest absolute Gasteiger partial charge is 0.330 e. The summed E-state index contributed by atoms with van der Waals surface area (Å²) in [4.78, 5) is 53.8. The molecule has 1 aromatic carbocycles. The van der Waals surface area contributed by atoms with Gasteiger partial charge in [0.15, 0.2) is 5.78 Å². The van der Waals surface area contributed by atoms with Crippen LogP contribution >= 0.6 is 24.2 Å². The van der Waals surface area contributed by atoms with Crippen LogP contribution in [0.3, 0.4) is 0 Å². The van der Waals surface area contributed by atoms with Crippen molar-refractivity contribution >= 4 is 47.7 Å². The predicted octanol–water partition coefficient (Wildman–Crippen LogP) is 1.88. The summed E-state index contributed by atoms with van der Waals surface area (Å²) in [6.07, 6.45) is -0.381. The van der Waals surface area contributed by atoms with Gasteiger partial charge < -0.3 is 24.6 Å². The molecule has 11 heteroatoms. The Kier molecular flexibility index (Phi) is 10.4. The monoisotopic (exact) mass is 527 g/mol. The molecule has 2 amide bonds. The number of ether oxygens (including phenoxy) is 2. The van der Waals surface area contributed by atoms with Gasteiger partial charge in [-0.2, -0.15) is 0 Å². The number of Topliss-reactive ketones (excluding diaryl/α,β-unsaturated/α-hetero) is 1. The average molecular weight is 528 g/mol. The Morgan fingerprint density at radius 1 is 1.14 bits per heavy atom. The number of benzene rings is 1. The number of fused-ring (bicyclic) bond motifs is 1. The van der Waals surface area contributed by atoms with Crippen LogP contribution in [0.1, 0.15) is 34.1 Å². The number of ketones is 1. The molecule has 3 rings (SSSR count). The minimum atomic E-state index is -0.770. The van der Waals surface area contributed by atoms with Crippen LogP contribution in [0.25, 0.3) is 0 Å². The lowest BCUT2D eigenvalue weighted by Crippen LogP contribution is -2.70. The SMILES string of the molecule is CCN(CC)CCOC(=O)[C@@H]1N2C(=O)C(NC(=O)CC(=O)COc3ccccc3)[C@H]2SC1(C)C.Cl. The molecule has 1 N–H and O–H groups in total. The molecule has 0 spiro atoms. The van der Waals surface area contributed by atoms with Crippen LogP contribution < -0.4 is 10.1 Å². The number of amides is 2. The van der Waals surface area contributed by atoms with Crippen molar-refractivity contribution in [3.05, 3.63) is 30.3 Å². The van der Waals surface area contributed by atoms with Gasteiger partial charge in [0.2, 0.25) is 11.8 Å². The minimum Gasteiger partial charge on any atom is -0.486 e. The molecule has 9 nitrogen and oxygen atoms in total. The first-order valence-corrected chi connectivity index (χ1v) is 12.4. The van der Waals surface area contributed by atoms with Crippen LogP contribution in [0.4, 0.5) is 0 Å². The van der Waals surface area contributed by atoms with Crippen LogP contribution in [0.15, 0.2) is 30.3 Å². The van der Waals surface area contributed by atoms with Crippen LogP contribution in [0.5, 0.6) is 5.75 Å². The fourth-order valence-electron chi connectivity index (χ4n) is 4.16. The van der Waals surface area contributed by atoms with Gasteiger partial charge in [0.1, 0.15) is 36.4 Å². The van der Waals surface area contributed by atoms with Crippen LogP contribution in [0, 0.1) is 0 Å². The topological polar surface area (TPSA) is 105 Å². The molecular weight excluding hydrogens is 494 g/mol. The van der Waals surface area contributed by atoms with Crippen molar-refractivity contribution in [1.29, 1.82) is 0 Å². The summed E-state index contributed by atoms with van der Waals surface area (Å²) in [5.41, 5.74) is 0. The van der Waals surface area contributed by atoms with Gasteiger partial charge in [0.25, 0.3) is 0 Å². The standard InChI is InChI=1S/C24H33N3O6S.ClH/c1-5-26(6-2)12-13-32-23(31)20-24(3,4)34-22-19(21(30)27(20)22)25-18(29)14-16(28)15-33-17-10-8-7-9-11-17;/h7-11,19-20,22H,5-6,12-15H2,1-4H3,(H,25,29);1H/t19?,20-,22+;/m0./s1. The number of hydrogen-bond donors (Lipinski definition) is 1. The molecule has 1 aromatic rings. The third-order valence-corrected chi connectivity index (χ3v) is 7.60. The van der Waals surface area contributed by atoms with E-state index < -0.39 is 28.7 Å². The number of rotatable bonds is 12. The van der Waals surface area contributed by atoms with E-state index in [0.29, 0.717) is 12.3 Å². The molecule has 194 valence electrons. The number of esters is 1. The number of hydrogen-bond acceptors (Lipinski definition) is 8. The quantitative estimate of drug-likeness (QED) is 0.249. The lowest BCUT2D eigenvalue weighted by atomic mass is 9.96. The highest BCUT2D eigenvalue weighted by atomic mass is 35.5. The lowest BCUT2D eigenvalue weighted by molar-refractivity contribution is -0.164. The number of para-hydroxylation sites is 1. The summed E-state index contributed by atoms with van der Waals surface area (Å²) in [6.45, 7) is 10.3. The van der Waals surface area contributed by atoms with E-state index in [-0.39, 0.29) is 49.1 Å². The fraction of sp³-hybridized carbons (Fsp3) is 0.583. The zero-order valence-electron chi connectivity index (χ0n) is 20.5. The van der Waals surface area contributed by atoms with E-state index in [2.05, 4.69) is 10.2 Å². The van der Waals surface area contributed by atoms with Gasteiger partial charge in [-0.15, -0.1) is 24.2 Å². The highest BCUT2D eigenvalue weighted by Gasteiger charge is 2.64. The maximum atomic E-state index is 12.8. The van der Waals surface area contributed by atoms with Gasteiger partial charge in [-0.05, 0) is 39.1 Å². The maximum absolute atomic E-state index is 12.8. The van der Waals surface area contributed by atoms with Gasteiger partial charge in [0.05, 0.1) is 6.42 Å². The number of thioether (sulfide) groups is 1. The largest absolute Gasteiger partial charge is 0.486 e. The van der Waals surface area contributed by atoms with Crippen molar-refractivity contribution in [1.82, 2.24) is 15.1 Å². The number of nitrogens with zero attached hydrogens (tertiary/aromatic N) is 2. The highest BCUT2D eigenvalue weighted by Crippen LogP contribution is 2.51. The summed E-state index contributed by atoms with van der Waals surface area (Å²) < 4.78 is 10.3. The Balaban J connectivity index is 0.00000432. The first-order chi connectivity index (χ1) is 16.2. The molecule has 2 fully saturated rings. The molecule has 0 aromatic heterocycles. The van der Waals surface area contributed by atoms with E-state index in [4.69, 9.17) is 9.47 Å².